The Balaban J connectivity index is 2.23. The van der Waals surface area contributed by atoms with Crippen molar-refractivity contribution >= 4 is 22.8 Å². The van der Waals surface area contributed by atoms with E-state index < -0.39 is 0 Å². The molecule has 2 heterocycles. The molecule has 1 aromatic carbocycles. The highest BCUT2D eigenvalue weighted by Crippen LogP contribution is 2.30. The van der Waals surface area contributed by atoms with E-state index in [2.05, 4.69) is 15.3 Å². The van der Waals surface area contributed by atoms with E-state index >= 15 is 0 Å². The van der Waals surface area contributed by atoms with Crippen molar-refractivity contribution in [2.45, 2.75) is 34.6 Å². The van der Waals surface area contributed by atoms with E-state index in [4.69, 9.17) is 4.98 Å². The predicted octanol–water partition coefficient (Wildman–Crippen LogP) is 4.22. The summed E-state index contributed by atoms with van der Waals surface area (Å²) in [7, 11) is 0. The smallest absolute Gasteiger partial charge is 0.254 e. The van der Waals surface area contributed by atoms with Gasteiger partial charge in [-0.3, -0.25) is 4.79 Å². The number of hydrogen-bond donors (Lipinski definition) is 1. The topological polar surface area (TPSA) is 71.0 Å². The number of rotatable bonds is 6. The van der Waals surface area contributed by atoms with Gasteiger partial charge in [0.1, 0.15) is 0 Å². The van der Waals surface area contributed by atoms with Crippen LogP contribution in [0, 0.1) is 13.8 Å². The molecule has 0 saturated heterocycles. The minimum absolute atomic E-state index is 0.0342. The molecule has 3 rings (SSSR count). The largest absolute Gasteiger partial charge is 0.355 e. The Morgan fingerprint density at radius 2 is 1.75 bits per heavy atom. The van der Waals surface area contributed by atoms with Gasteiger partial charge in [-0.2, -0.15) is 0 Å². The molecular weight excluding hydrogens is 350 g/mol. The minimum atomic E-state index is 0.0342. The van der Waals surface area contributed by atoms with Crippen LogP contribution in [0.25, 0.3) is 22.2 Å². The molecule has 0 unspecified atom stereocenters. The number of carbonyl (C=O) groups is 1. The first-order valence-corrected chi connectivity index (χ1v) is 9.76. The molecule has 0 bridgehead atoms. The lowest BCUT2D eigenvalue weighted by molar-refractivity contribution is 0.0774. The Kier molecular flexibility index (Phi) is 5.87. The zero-order valence-electron chi connectivity index (χ0n) is 17.2. The molecule has 0 aliphatic heterocycles. The van der Waals surface area contributed by atoms with Crippen LogP contribution in [-0.4, -0.2) is 45.4 Å². The molecule has 6 nitrogen and oxygen atoms in total. The summed E-state index contributed by atoms with van der Waals surface area (Å²) in [6, 6.07) is 6.03. The molecule has 6 heteroatoms. The highest BCUT2D eigenvalue weighted by Gasteiger charge is 2.22. The predicted molar refractivity (Wildman–Crippen MR) is 114 cm³/mol. The molecule has 0 aliphatic rings. The molecule has 0 atom stereocenters. The van der Waals surface area contributed by atoms with Crippen molar-refractivity contribution in [3.8, 4) is 11.3 Å². The second kappa shape index (κ2) is 8.33. The van der Waals surface area contributed by atoms with Crippen molar-refractivity contribution in [3.05, 3.63) is 47.3 Å². The van der Waals surface area contributed by atoms with Crippen molar-refractivity contribution in [2.24, 2.45) is 0 Å². The zero-order chi connectivity index (χ0) is 20.3. The van der Waals surface area contributed by atoms with Gasteiger partial charge in [0, 0.05) is 43.0 Å². The van der Waals surface area contributed by atoms with Crippen LogP contribution in [0.3, 0.4) is 0 Å². The van der Waals surface area contributed by atoms with E-state index in [1.807, 2.05) is 57.7 Å². The number of benzene rings is 1. The van der Waals surface area contributed by atoms with Gasteiger partial charge < -0.3 is 10.2 Å². The lowest BCUT2D eigenvalue weighted by atomic mass is 9.96. The Morgan fingerprint density at radius 3 is 2.36 bits per heavy atom. The fraction of sp³-hybridized carbons (Fsp3) is 0.364. The van der Waals surface area contributed by atoms with Crippen molar-refractivity contribution in [1.82, 2.24) is 19.9 Å². The third-order valence-corrected chi connectivity index (χ3v) is 4.91. The van der Waals surface area contributed by atoms with E-state index in [-0.39, 0.29) is 5.91 Å². The van der Waals surface area contributed by atoms with Crippen LogP contribution in [0.2, 0.25) is 0 Å². The minimum Gasteiger partial charge on any atom is -0.355 e. The molecule has 0 spiro atoms. The van der Waals surface area contributed by atoms with E-state index in [1.165, 1.54) is 0 Å². The third-order valence-electron chi connectivity index (χ3n) is 4.91. The molecule has 1 amide bonds. The first kappa shape index (κ1) is 19.7. The van der Waals surface area contributed by atoms with Crippen molar-refractivity contribution < 1.29 is 4.79 Å². The summed E-state index contributed by atoms with van der Waals surface area (Å²) in [4.78, 5) is 28.8. The van der Waals surface area contributed by atoms with Crippen LogP contribution in [0.5, 0.6) is 0 Å². The lowest BCUT2D eigenvalue weighted by Gasteiger charge is -2.22. The molecule has 0 fully saturated rings. The van der Waals surface area contributed by atoms with Crippen molar-refractivity contribution in [3.63, 3.8) is 0 Å². The molecule has 146 valence electrons. The number of aromatic nitrogens is 3. The van der Waals surface area contributed by atoms with Gasteiger partial charge in [-0.25, -0.2) is 15.0 Å². The molecule has 2 aromatic heterocycles. The average Bonchev–Trinajstić information content (AvgIpc) is 2.69. The van der Waals surface area contributed by atoms with E-state index in [0.717, 1.165) is 39.8 Å². The van der Waals surface area contributed by atoms with Crippen molar-refractivity contribution in [1.29, 1.82) is 0 Å². The number of pyridine rings is 1. The first-order chi connectivity index (χ1) is 13.5. The summed E-state index contributed by atoms with van der Waals surface area (Å²) in [6.45, 7) is 12.1. The summed E-state index contributed by atoms with van der Waals surface area (Å²) in [5.41, 5.74) is 5.02. The Morgan fingerprint density at radius 1 is 1.07 bits per heavy atom. The summed E-state index contributed by atoms with van der Waals surface area (Å²) in [5.74, 6) is 0.617. The molecule has 0 saturated carbocycles. The second-order valence-electron chi connectivity index (χ2n) is 6.78. The fourth-order valence-electron chi connectivity index (χ4n) is 3.40. The summed E-state index contributed by atoms with van der Waals surface area (Å²) >= 11 is 0. The number of nitrogens with zero attached hydrogens (tertiary/aromatic N) is 4. The number of hydrogen-bond acceptors (Lipinski definition) is 5. The number of carbonyl (C=O) groups excluding carboxylic acids is 1. The second-order valence-corrected chi connectivity index (χ2v) is 6.78. The van der Waals surface area contributed by atoms with Gasteiger partial charge in [0.15, 0.2) is 0 Å². The highest BCUT2D eigenvalue weighted by atomic mass is 16.2. The third kappa shape index (κ3) is 3.67. The van der Waals surface area contributed by atoms with Crippen molar-refractivity contribution in [2.75, 3.05) is 25.0 Å². The Bertz CT molecular complexity index is 994. The monoisotopic (exact) mass is 377 g/mol. The van der Waals surface area contributed by atoms with Gasteiger partial charge in [-0.15, -0.1) is 0 Å². The number of anilines is 1. The van der Waals surface area contributed by atoms with Gasteiger partial charge >= 0.3 is 0 Å². The molecule has 1 N–H and O–H groups in total. The number of aryl methyl sites for hydroxylation is 1. The van der Waals surface area contributed by atoms with E-state index in [1.54, 1.807) is 12.4 Å². The van der Waals surface area contributed by atoms with Crippen LogP contribution in [0.4, 0.5) is 5.95 Å². The standard InChI is InChI=1S/C22H27N5O/c1-6-23-22-24-12-16(13-25-22)20-15(5)19(21(28)27(7-2)8-3)17-11-14(4)9-10-18(17)26-20/h9-13H,6-8H2,1-5H3,(H,23,24,25). The fourth-order valence-corrected chi connectivity index (χ4v) is 3.40. The van der Waals surface area contributed by atoms with Gasteiger partial charge in [-0.05, 0) is 52.3 Å². The summed E-state index contributed by atoms with van der Waals surface area (Å²) < 4.78 is 0. The first-order valence-electron chi connectivity index (χ1n) is 9.76. The average molecular weight is 377 g/mol. The van der Waals surface area contributed by atoms with Crippen LogP contribution in [0.15, 0.2) is 30.6 Å². The van der Waals surface area contributed by atoms with Crippen LogP contribution in [0.1, 0.15) is 42.3 Å². The SMILES string of the molecule is CCNc1ncc(-c2nc3ccc(C)cc3c(C(=O)N(CC)CC)c2C)cn1. The van der Waals surface area contributed by atoms with E-state index in [0.29, 0.717) is 24.6 Å². The number of fused-ring (bicyclic) bond motifs is 1. The lowest BCUT2D eigenvalue weighted by Crippen LogP contribution is -2.31. The van der Waals surface area contributed by atoms with Gasteiger partial charge in [0.25, 0.3) is 5.91 Å². The normalized spacial score (nSPS) is 10.9. The Hall–Kier alpha value is -3.02. The van der Waals surface area contributed by atoms with Gasteiger partial charge in [0.05, 0.1) is 16.8 Å². The zero-order valence-corrected chi connectivity index (χ0v) is 17.2. The highest BCUT2D eigenvalue weighted by molar-refractivity contribution is 6.09. The van der Waals surface area contributed by atoms with Gasteiger partial charge in [0.2, 0.25) is 5.95 Å². The maximum atomic E-state index is 13.3. The maximum Gasteiger partial charge on any atom is 0.254 e. The molecule has 0 radical (unpaired) electrons. The van der Waals surface area contributed by atoms with Gasteiger partial charge in [-0.1, -0.05) is 11.6 Å². The molecular formula is C22H27N5O. The molecule has 3 aromatic rings. The summed E-state index contributed by atoms with van der Waals surface area (Å²) in [6.07, 6.45) is 3.51. The maximum absolute atomic E-state index is 13.3. The summed E-state index contributed by atoms with van der Waals surface area (Å²) in [5, 5.41) is 3.98. The van der Waals surface area contributed by atoms with E-state index in [9.17, 15) is 4.79 Å². The Labute approximate surface area is 166 Å². The number of nitrogens with one attached hydrogen (secondary N) is 1. The number of amides is 1. The molecule has 0 aliphatic carbocycles. The van der Waals surface area contributed by atoms with Crippen LogP contribution >= 0.6 is 0 Å². The molecule has 28 heavy (non-hydrogen) atoms. The van der Waals surface area contributed by atoms with Crippen LogP contribution < -0.4 is 5.32 Å². The quantitative estimate of drug-likeness (QED) is 0.696. The van der Waals surface area contributed by atoms with Crippen LogP contribution in [-0.2, 0) is 0 Å².